The van der Waals surface area contributed by atoms with Crippen molar-refractivity contribution in [2.75, 3.05) is 43.6 Å². The number of nitrogens with one attached hydrogen (secondary N) is 3. The predicted molar refractivity (Wildman–Crippen MR) is 133 cm³/mol. The molecule has 2 aromatic carbocycles. The molecule has 0 aromatic heterocycles. The number of carbonyl (C=O) groups is 2. The Kier molecular flexibility index (Phi) is 9.13. The van der Waals surface area contributed by atoms with E-state index in [4.69, 9.17) is 4.74 Å². The fourth-order valence-corrected chi connectivity index (χ4v) is 3.90. The maximum Gasteiger partial charge on any atom is 0.319 e. The van der Waals surface area contributed by atoms with E-state index in [2.05, 4.69) is 46.8 Å². The molecular weight excluding hydrogens is 416 g/mol. The van der Waals surface area contributed by atoms with E-state index in [1.807, 2.05) is 24.3 Å². The lowest BCUT2D eigenvalue weighted by Gasteiger charge is -2.22. The summed E-state index contributed by atoms with van der Waals surface area (Å²) < 4.78 is 5.02. The highest BCUT2D eigenvalue weighted by Crippen LogP contribution is 2.30. The van der Waals surface area contributed by atoms with Crippen molar-refractivity contribution in [1.82, 2.24) is 10.6 Å². The Morgan fingerprint density at radius 2 is 1.76 bits per heavy atom. The SMILES string of the molecule is COCCCNC(=O)Nc1cc(C(=O)NCc2ccc(C(C)C)cc2)ccc1N1CCCC1. The molecule has 1 aliphatic rings. The lowest BCUT2D eigenvalue weighted by atomic mass is 10.0. The molecule has 0 radical (unpaired) electrons. The zero-order chi connectivity index (χ0) is 23.6. The fourth-order valence-electron chi connectivity index (χ4n) is 3.90. The Morgan fingerprint density at radius 3 is 2.42 bits per heavy atom. The van der Waals surface area contributed by atoms with Crippen LogP contribution in [0.2, 0.25) is 0 Å². The number of anilines is 2. The van der Waals surface area contributed by atoms with Gasteiger partial charge in [-0.15, -0.1) is 0 Å². The summed E-state index contributed by atoms with van der Waals surface area (Å²) in [5.74, 6) is 0.310. The van der Waals surface area contributed by atoms with Crippen LogP contribution in [0, 0.1) is 0 Å². The molecule has 7 heteroatoms. The van der Waals surface area contributed by atoms with E-state index in [9.17, 15) is 9.59 Å². The Hall–Kier alpha value is -3.06. The highest BCUT2D eigenvalue weighted by Gasteiger charge is 2.19. The molecule has 0 unspecified atom stereocenters. The minimum Gasteiger partial charge on any atom is -0.385 e. The van der Waals surface area contributed by atoms with Crippen molar-refractivity contribution in [2.45, 2.75) is 45.6 Å². The largest absolute Gasteiger partial charge is 0.385 e. The van der Waals surface area contributed by atoms with E-state index in [-0.39, 0.29) is 11.9 Å². The van der Waals surface area contributed by atoms with Crippen LogP contribution in [-0.4, -0.2) is 45.3 Å². The number of ether oxygens (including phenoxy) is 1. The summed E-state index contributed by atoms with van der Waals surface area (Å²) in [6.07, 6.45) is 2.99. The molecule has 0 atom stereocenters. The number of benzene rings is 2. The third kappa shape index (κ3) is 7.22. The lowest BCUT2D eigenvalue weighted by Crippen LogP contribution is -2.31. The summed E-state index contributed by atoms with van der Waals surface area (Å²) in [5.41, 5.74) is 4.44. The van der Waals surface area contributed by atoms with Crippen molar-refractivity contribution >= 4 is 23.3 Å². The Labute approximate surface area is 196 Å². The second-order valence-electron chi connectivity index (χ2n) is 8.73. The van der Waals surface area contributed by atoms with Crippen LogP contribution >= 0.6 is 0 Å². The first kappa shape index (κ1) is 24.6. The molecule has 1 saturated heterocycles. The molecule has 1 aliphatic heterocycles. The van der Waals surface area contributed by atoms with Gasteiger partial charge in [0.2, 0.25) is 0 Å². The summed E-state index contributed by atoms with van der Waals surface area (Å²) in [5, 5.41) is 8.77. The number of methoxy groups -OCH3 is 1. The smallest absolute Gasteiger partial charge is 0.319 e. The van der Waals surface area contributed by atoms with Gasteiger partial charge in [0.05, 0.1) is 11.4 Å². The lowest BCUT2D eigenvalue weighted by molar-refractivity contribution is 0.0951. The Morgan fingerprint density at radius 1 is 1.03 bits per heavy atom. The van der Waals surface area contributed by atoms with Crippen LogP contribution in [0.5, 0.6) is 0 Å². The van der Waals surface area contributed by atoms with Crippen LogP contribution < -0.4 is 20.9 Å². The van der Waals surface area contributed by atoms with Gasteiger partial charge in [0.15, 0.2) is 0 Å². The summed E-state index contributed by atoms with van der Waals surface area (Å²) in [6, 6.07) is 13.5. The van der Waals surface area contributed by atoms with Crippen LogP contribution in [0.1, 0.15) is 60.5 Å². The monoisotopic (exact) mass is 452 g/mol. The predicted octanol–water partition coefficient (Wildman–Crippen LogP) is 4.50. The molecule has 178 valence electrons. The quantitative estimate of drug-likeness (QED) is 0.464. The number of nitrogens with zero attached hydrogens (tertiary/aromatic N) is 1. The van der Waals surface area contributed by atoms with E-state index >= 15 is 0 Å². The molecule has 1 fully saturated rings. The average molecular weight is 453 g/mol. The number of hydrogen-bond donors (Lipinski definition) is 3. The van der Waals surface area contributed by atoms with Crippen molar-refractivity contribution in [2.24, 2.45) is 0 Å². The number of carbonyl (C=O) groups excluding carboxylic acids is 2. The molecule has 0 aliphatic carbocycles. The van der Waals surface area contributed by atoms with Gasteiger partial charge in [0.1, 0.15) is 0 Å². The van der Waals surface area contributed by atoms with E-state index < -0.39 is 0 Å². The minimum absolute atomic E-state index is 0.167. The highest BCUT2D eigenvalue weighted by atomic mass is 16.5. The number of amides is 3. The first-order chi connectivity index (χ1) is 16.0. The molecule has 3 rings (SSSR count). The van der Waals surface area contributed by atoms with Crippen molar-refractivity contribution in [3.8, 4) is 0 Å². The van der Waals surface area contributed by atoms with Gasteiger partial charge in [-0.25, -0.2) is 4.79 Å². The molecular formula is C26H36N4O3. The van der Waals surface area contributed by atoms with Gasteiger partial charge >= 0.3 is 6.03 Å². The fraction of sp³-hybridized carbons (Fsp3) is 0.462. The van der Waals surface area contributed by atoms with Crippen LogP contribution in [0.25, 0.3) is 0 Å². The Bertz CT molecular complexity index is 922. The molecule has 3 amide bonds. The summed E-state index contributed by atoms with van der Waals surface area (Å²) in [6.45, 7) is 7.78. The first-order valence-electron chi connectivity index (χ1n) is 11.8. The van der Waals surface area contributed by atoms with Gasteiger partial charge in [-0.05, 0) is 54.5 Å². The zero-order valence-electron chi connectivity index (χ0n) is 19.9. The van der Waals surface area contributed by atoms with E-state index in [0.717, 1.165) is 43.6 Å². The molecule has 7 nitrogen and oxygen atoms in total. The maximum absolute atomic E-state index is 12.8. The number of hydrogen-bond acceptors (Lipinski definition) is 4. The number of urea groups is 1. The van der Waals surface area contributed by atoms with Crippen LogP contribution in [0.15, 0.2) is 42.5 Å². The van der Waals surface area contributed by atoms with Gasteiger partial charge in [-0.2, -0.15) is 0 Å². The minimum atomic E-state index is -0.283. The van der Waals surface area contributed by atoms with Gasteiger partial charge in [0, 0.05) is 45.5 Å². The van der Waals surface area contributed by atoms with E-state index in [0.29, 0.717) is 36.9 Å². The topological polar surface area (TPSA) is 82.7 Å². The van der Waals surface area contributed by atoms with Crippen molar-refractivity contribution < 1.29 is 14.3 Å². The molecule has 33 heavy (non-hydrogen) atoms. The van der Waals surface area contributed by atoms with Gasteiger partial charge in [-0.3, -0.25) is 4.79 Å². The molecule has 0 spiro atoms. The van der Waals surface area contributed by atoms with Crippen LogP contribution in [0.3, 0.4) is 0 Å². The van der Waals surface area contributed by atoms with Crippen molar-refractivity contribution in [3.05, 3.63) is 59.2 Å². The maximum atomic E-state index is 12.8. The molecule has 0 bridgehead atoms. The van der Waals surface area contributed by atoms with E-state index in [1.165, 1.54) is 5.56 Å². The third-order valence-corrected chi connectivity index (χ3v) is 5.86. The zero-order valence-corrected chi connectivity index (χ0v) is 19.9. The van der Waals surface area contributed by atoms with Crippen molar-refractivity contribution in [1.29, 1.82) is 0 Å². The molecule has 3 N–H and O–H groups in total. The standard InChI is InChI=1S/C26H36N4O3/c1-19(2)21-9-7-20(8-10-21)18-28-25(31)22-11-12-24(30-14-4-5-15-30)23(17-22)29-26(32)27-13-6-16-33-3/h7-12,17,19H,4-6,13-16,18H2,1-3H3,(H,28,31)(H2,27,29,32). The normalized spacial score (nSPS) is 13.3. The molecule has 1 heterocycles. The van der Waals surface area contributed by atoms with Crippen LogP contribution in [0.4, 0.5) is 16.2 Å². The number of rotatable bonds is 10. The summed E-state index contributed by atoms with van der Waals surface area (Å²) in [4.78, 5) is 27.5. The summed E-state index contributed by atoms with van der Waals surface area (Å²) in [7, 11) is 1.64. The van der Waals surface area contributed by atoms with Crippen molar-refractivity contribution in [3.63, 3.8) is 0 Å². The first-order valence-corrected chi connectivity index (χ1v) is 11.8. The van der Waals surface area contributed by atoms with Crippen LogP contribution in [-0.2, 0) is 11.3 Å². The van der Waals surface area contributed by atoms with E-state index in [1.54, 1.807) is 13.2 Å². The molecule has 0 saturated carbocycles. The second kappa shape index (κ2) is 12.3. The summed E-state index contributed by atoms with van der Waals surface area (Å²) >= 11 is 0. The second-order valence-corrected chi connectivity index (χ2v) is 8.73. The average Bonchev–Trinajstić information content (AvgIpc) is 3.35. The highest BCUT2D eigenvalue weighted by molar-refractivity contribution is 5.99. The van der Waals surface area contributed by atoms with Gasteiger partial charge in [-0.1, -0.05) is 38.1 Å². The Balaban J connectivity index is 1.67. The van der Waals surface area contributed by atoms with Gasteiger partial charge in [0.25, 0.3) is 5.91 Å². The third-order valence-electron chi connectivity index (χ3n) is 5.86. The van der Waals surface area contributed by atoms with Gasteiger partial charge < -0.3 is 25.6 Å². The molecule has 2 aromatic rings.